The average molecular weight is 546 g/mol. The van der Waals surface area contributed by atoms with E-state index < -0.39 is 0 Å². The molecule has 0 bridgehead atoms. The number of fused-ring (bicyclic) bond motifs is 3. The molecule has 2 saturated heterocycles. The molecule has 39 heavy (non-hydrogen) atoms. The number of hydrogen-bond donors (Lipinski definition) is 1. The number of anilines is 1. The maximum Gasteiger partial charge on any atom is 0.196 e. The minimum atomic E-state index is -0.375. The summed E-state index contributed by atoms with van der Waals surface area (Å²) in [5, 5.41) is 13.4. The summed E-state index contributed by atoms with van der Waals surface area (Å²) < 4.78 is 23.5. The molecule has 1 spiro atoms. The molecule has 3 aliphatic rings. The number of nitrogens with zero attached hydrogens (tertiary/aromatic N) is 6. The van der Waals surface area contributed by atoms with Gasteiger partial charge in [0, 0.05) is 35.6 Å². The van der Waals surface area contributed by atoms with Crippen molar-refractivity contribution in [1.82, 2.24) is 25.1 Å². The molecule has 10 heteroatoms. The van der Waals surface area contributed by atoms with E-state index in [0.717, 1.165) is 78.1 Å². The van der Waals surface area contributed by atoms with Crippen LogP contribution in [0.3, 0.4) is 0 Å². The number of hydrogen-bond acceptors (Lipinski definition) is 8. The third-order valence-electron chi connectivity index (χ3n) is 8.81. The summed E-state index contributed by atoms with van der Waals surface area (Å²) in [6, 6.07) is 5.25. The summed E-state index contributed by atoms with van der Waals surface area (Å²) in [6.07, 6.45) is 7.07. The standard InChI is InChI=1S/C29H32FN7OS/c1-17-18(2)39-28-25(17)26(33-22(15-24-32-10-13-38-24)27-35-34-19(3)37(27)28)20-4-5-23(21(30)14-20)36-11-7-29(8-12-36)6-9-31-16-29/h4-5,10,13-14,22,31H,6-9,11-12,15-16H2,1-3H3. The zero-order valence-corrected chi connectivity index (χ0v) is 23.3. The fourth-order valence-electron chi connectivity index (χ4n) is 6.40. The second-order valence-electron chi connectivity index (χ2n) is 11.1. The maximum atomic E-state index is 15.9. The summed E-state index contributed by atoms with van der Waals surface area (Å²) in [4.78, 5) is 13.0. The van der Waals surface area contributed by atoms with Crippen LogP contribution < -0.4 is 10.2 Å². The summed E-state index contributed by atoms with van der Waals surface area (Å²) in [6.45, 7) is 10.1. The number of piperidine rings is 1. The first-order chi connectivity index (χ1) is 18.9. The largest absolute Gasteiger partial charge is 0.449 e. The van der Waals surface area contributed by atoms with Gasteiger partial charge in [-0.15, -0.1) is 21.5 Å². The molecule has 8 nitrogen and oxygen atoms in total. The fourth-order valence-corrected chi connectivity index (χ4v) is 7.61. The number of aryl methyl sites for hydroxylation is 2. The zero-order valence-electron chi connectivity index (χ0n) is 22.5. The smallest absolute Gasteiger partial charge is 0.196 e. The summed E-state index contributed by atoms with van der Waals surface area (Å²) in [5.74, 6) is 1.91. The van der Waals surface area contributed by atoms with E-state index in [-0.39, 0.29) is 11.9 Å². The van der Waals surface area contributed by atoms with Crippen molar-refractivity contribution in [1.29, 1.82) is 0 Å². The molecule has 1 aromatic carbocycles. The van der Waals surface area contributed by atoms with Crippen LogP contribution in [0.15, 0.2) is 40.1 Å². The Balaban J connectivity index is 1.29. The number of nitrogens with one attached hydrogen (secondary N) is 1. The van der Waals surface area contributed by atoms with Gasteiger partial charge in [0.2, 0.25) is 0 Å². The zero-order chi connectivity index (χ0) is 26.7. The molecule has 2 fully saturated rings. The second-order valence-corrected chi connectivity index (χ2v) is 12.3. The highest BCUT2D eigenvalue weighted by Gasteiger charge is 2.38. The molecule has 1 N–H and O–H groups in total. The molecule has 1 unspecified atom stereocenters. The number of rotatable bonds is 4. The van der Waals surface area contributed by atoms with Crippen molar-refractivity contribution in [2.24, 2.45) is 10.4 Å². The Morgan fingerprint density at radius 3 is 2.72 bits per heavy atom. The molecule has 3 aliphatic heterocycles. The molecule has 202 valence electrons. The average Bonchev–Trinajstić information content (AvgIpc) is 3.72. The van der Waals surface area contributed by atoms with Gasteiger partial charge in [-0.2, -0.15) is 0 Å². The third kappa shape index (κ3) is 4.12. The Morgan fingerprint density at radius 1 is 1.15 bits per heavy atom. The SMILES string of the molecule is Cc1sc2c(c1C)C(c1ccc(N3CCC4(CCNC4)CC3)c(F)c1)=NC(Cc1ncco1)c1nnc(C)n1-2. The van der Waals surface area contributed by atoms with Gasteiger partial charge in [-0.1, -0.05) is 6.07 Å². The molecule has 0 aliphatic carbocycles. The van der Waals surface area contributed by atoms with Crippen LogP contribution in [0.5, 0.6) is 0 Å². The van der Waals surface area contributed by atoms with Gasteiger partial charge in [-0.3, -0.25) is 9.56 Å². The Morgan fingerprint density at radius 2 is 2.00 bits per heavy atom. The first-order valence-electron chi connectivity index (χ1n) is 13.7. The highest BCUT2D eigenvalue weighted by molar-refractivity contribution is 7.15. The first kappa shape index (κ1) is 24.7. The minimum absolute atomic E-state index is 0.203. The highest BCUT2D eigenvalue weighted by atomic mass is 32.1. The Hall–Kier alpha value is -3.37. The van der Waals surface area contributed by atoms with Crippen molar-refractivity contribution >= 4 is 22.7 Å². The van der Waals surface area contributed by atoms with E-state index in [4.69, 9.17) is 9.41 Å². The number of thiophene rings is 1. The van der Waals surface area contributed by atoms with E-state index in [2.05, 4.69) is 43.8 Å². The van der Waals surface area contributed by atoms with E-state index in [9.17, 15) is 0 Å². The number of aromatic nitrogens is 4. The lowest BCUT2D eigenvalue weighted by molar-refractivity contribution is 0.247. The minimum Gasteiger partial charge on any atom is -0.449 e. The predicted molar refractivity (Wildman–Crippen MR) is 150 cm³/mol. The van der Waals surface area contributed by atoms with Crippen molar-refractivity contribution in [3.05, 3.63) is 75.6 Å². The normalized spacial score (nSPS) is 20.2. The molecule has 6 heterocycles. The maximum absolute atomic E-state index is 15.9. The van der Waals surface area contributed by atoms with Gasteiger partial charge < -0.3 is 14.6 Å². The van der Waals surface area contributed by atoms with Crippen molar-refractivity contribution in [2.75, 3.05) is 31.1 Å². The molecule has 1 atom stereocenters. The Labute approximate surface area is 231 Å². The number of aliphatic imine (C=N–C) groups is 1. The predicted octanol–water partition coefficient (Wildman–Crippen LogP) is 5.10. The number of oxazole rings is 1. The van der Waals surface area contributed by atoms with E-state index >= 15 is 4.39 Å². The van der Waals surface area contributed by atoms with Gasteiger partial charge in [0.05, 0.1) is 24.0 Å². The lowest BCUT2D eigenvalue weighted by atomic mass is 9.77. The van der Waals surface area contributed by atoms with Crippen LogP contribution in [-0.2, 0) is 6.42 Å². The quantitative estimate of drug-likeness (QED) is 0.384. The molecule has 0 radical (unpaired) electrons. The highest BCUT2D eigenvalue weighted by Crippen LogP contribution is 2.41. The van der Waals surface area contributed by atoms with Crippen LogP contribution in [0.1, 0.15) is 64.4 Å². The molecule has 0 saturated carbocycles. The van der Waals surface area contributed by atoms with Crippen LogP contribution in [0.2, 0.25) is 0 Å². The lowest BCUT2D eigenvalue weighted by Crippen LogP contribution is -2.41. The topological polar surface area (TPSA) is 84.4 Å². The lowest BCUT2D eigenvalue weighted by Gasteiger charge is -2.40. The fraction of sp³-hybridized carbons (Fsp3) is 0.448. The number of benzene rings is 1. The Bertz CT molecular complexity index is 1550. The number of halogens is 1. The van der Waals surface area contributed by atoms with Gasteiger partial charge in [-0.05, 0) is 69.7 Å². The van der Waals surface area contributed by atoms with Gasteiger partial charge in [-0.25, -0.2) is 9.37 Å². The summed E-state index contributed by atoms with van der Waals surface area (Å²) >= 11 is 1.70. The van der Waals surface area contributed by atoms with Crippen molar-refractivity contribution < 1.29 is 8.81 Å². The van der Waals surface area contributed by atoms with Crippen molar-refractivity contribution in [2.45, 2.75) is 52.5 Å². The van der Waals surface area contributed by atoms with Crippen LogP contribution in [0.4, 0.5) is 10.1 Å². The second kappa shape index (κ2) is 9.38. The van der Waals surface area contributed by atoms with Gasteiger partial charge in [0.25, 0.3) is 0 Å². The van der Waals surface area contributed by atoms with Gasteiger partial charge in [0.15, 0.2) is 11.7 Å². The molecule has 4 aromatic rings. The van der Waals surface area contributed by atoms with Crippen molar-refractivity contribution in [3.63, 3.8) is 0 Å². The van der Waals surface area contributed by atoms with E-state index in [0.29, 0.717) is 23.4 Å². The Kier molecular flexibility index (Phi) is 5.93. The third-order valence-corrected chi connectivity index (χ3v) is 10.0. The first-order valence-corrected chi connectivity index (χ1v) is 14.5. The van der Waals surface area contributed by atoms with Crippen molar-refractivity contribution in [3.8, 4) is 5.00 Å². The molecular weight excluding hydrogens is 513 g/mol. The van der Waals surface area contributed by atoms with Gasteiger partial charge in [0.1, 0.15) is 28.9 Å². The van der Waals surface area contributed by atoms with Gasteiger partial charge >= 0.3 is 0 Å². The van der Waals surface area contributed by atoms with Crippen LogP contribution in [-0.4, -0.2) is 51.6 Å². The monoisotopic (exact) mass is 545 g/mol. The van der Waals surface area contributed by atoms with Crippen LogP contribution >= 0.6 is 11.3 Å². The van der Waals surface area contributed by atoms with E-state index in [1.165, 1.54) is 11.3 Å². The van der Waals surface area contributed by atoms with E-state index in [1.54, 1.807) is 29.9 Å². The van der Waals surface area contributed by atoms with Crippen LogP contribution in [0.25, 0.3) is 5.00 Å². The molecular formula is C29H32FN7OS. The summed E-state index contributed by atoms with van der Waals surface area (Å²) in [7, 11) is 0. The molecule has 0 amide bonds. The summed E-state index contributed by atoms with van der Waals surface area (Å²) in [5.41, 5.74) is 4.76. The molecule has 3 aromatic heterocycles. The van der Waals surface area contributed by atoms with E-state index in [1.807, 2.05) is 19.1 Å². The molecule has 7 rings (SSSR count). The van der Waals surface area contributed by atoms with Crippen LogP contribution in [0, 0.1) is 32.0 Å².